The number of rotatable bonds is 1. The van der Waals surface area contributed by atoms with E-state index >= 15 is 0 Å². The smallest absolute Gasteiger partial charge is 0.220 e. The molecule has 4 heteroatoms. The summed E-state index contributed by atoms with van der Waals surface area (Å²) >= 11 is 1.38. The maximum atomic E-state index is 11.3. The van der Waals surface area contributed by atoms with Crippen molar-refractivity contribution in [3.63, 3.8) is 0 Å². The predicted molar refractivity (Wildman–Crippen MR) is 55.5 cm³/mol. The molecule has 0 amide bonds. The Morgan fingerprint density at radius 3 is 2.79 bits per heavy atom. The summed E-state index contributed by atoms with van der Waals surface area (Å²) in [6, 6.07) is 6.35. The molecule has 0 radical (unpaired) electrons. The van der Waals surface area contributed by atoms with Gasteiger partial charge in [-0.15, -0.1) is 11.3 Å². The lowest BCUT2D eigenvalue weighted by Crippen LogP contribution is -1.93. The van der Waals surface area contributed by atoms with Gasteiger partial charge in [-0.05, 0) is 12.1 Å². The molecule has 0 saturated heterocycles. The Bertz CT molecular complexity index is 494. The molecule has 2 aromatic rings. The van der Waals surface area contributed by atoms with Crippen LogP contribution >= 0.6 is 11.3 Å². The van der Waals surface area contributed by atoms with E-state index in [1.165, 1.54) is 17.4 Å². The van der Waals surface area contributed by atoms with Gasteiger partial charge in [0.25, 0.3) is 0 Å². The van der Waals surface area contributed by atoms with Crippen LogP contribution in [0.2, 0.25) is 0 Å². The molecule has 3 nitrogen and oxygen atoms in total. The second-order valence-electron chi connectivity index (χ2n) is 2.71. The fourth-order valence-electron chi connectivity index (χ4n) is 1.13. The molecule has 0 saturated carbocycles. The fraction of sp³-hybridized carbons (Fsp3) is 0. The van der Waals surface area contributed by atoms with E-state index in [0.717, 1.165) is 4.88 Å². The molecule has 0 aliphatic carbocycles. The first-order valence-corrected chi connectivity index (χ1v) is 4.88. The quantitative estimate of drug-likeness (QED) is 0.773. The van der Waals surface area contributed by atoms with Gasteiger partial charge in [-0.25, -0.2) is 0 Å². The van der Waals surface area contributed by atoms with Crippen molar-refractivity contribution in [3.8, 4) is 16.2 Å². The second kappa shape index (κ2) is 3.59. The summed E-state index contributed by atoms with van der Waals surface area (Å²) in [4.78, 5) is 16.0. The van der Waals surface area contributed by atoms with Gasteiger partial charge in [-0.3, -0.25) is 9.78 Å². The van der Waals surface area contributed by atoms with Crippen LogP contribution in [0.5, 0.6) is 5.75 Å². The van der Waals surface area contributed by atoms with Crippen molar-refractivity contribution in [1.82, 2.24) is 4.98 Å². The highest BCUT2D eigenvalue weighted by Crippen LogP contribution is 2.27. The van der Waals surface area contributed by atoms with Crippen LogP contribution < -0.4 is 5.43 Å². The van der Waals surface area contributed by atoms with E-state index in [2.05, 4.69) is 4.98 Å². The van der Waals surface area contributed by atoms with Crippen molar-refractivity contribution in [1.29, 1.82) is 0 Å². The lowest BCUT2D eigenvalue weighted by Gasteiger charge is -1.93. The van der Waals surface area contributed by atoms with Gasteiger partial charge in [0.2, 0.25) is 5.43 Å². The first-order chi connectivity index (χ1) is 6.79. The molecule has 1 aromatic carbocycles. The predicted octanol–water partition coefficient (Wildman–Crippen LogP) is 1.88. The topological polar surface area (TPSA) is 50.2 Å². The van der Waals surface area contributed by atoms with Gasteiger partial charge in [-0.2, -0.15) is 0 Å². The van der Waals surface area contributed by atoms with Crippen LogP contribution in [0.4, 0.5) is 0 Å². The summed E-state index contributed by atoms with van der Waals surface area (Å²) in [5, 5.41) is 9.60. The minimum Gasteiger partial charge on any atom is -0.504 e. The number of hydrogen-bond donors (Lipinski definition) is 1. The van der Waals surface area contributed by atoms with E-state index in [0.29, 0.717) is 5.56 Å². The largest absolute Gasteiger partial charge is 0.504 e. The summed E-state index contributed by atoms with van der Waals surface area (Å²) in [7, 11) is 0. The van der Waals surface area contributed by atoms with Crippen molar-refractivity contribution in [2.75, 3.05) is 0 Å². The Labute approximate surface area is 84.3 Å². The maximum Gasteiger partial charge on any atom is 0.220 e. The van der Waals surface area contributed by atoms with Crippen LogP contribution in [-0.4, -0.2) is 10.1 Å². The molecular weight excluding hydrogens is 198 g/mol. The van der Waals surface area contributed by atoms with E-state index < -0.39 is 0 Å². The molecule has 0 fully saturated rings. The number of aromatic nitrogens is 1. The van der Waals surface area contributed by atoms with Crippen LogP contribution in [0.15, 0.2) is 40.8 Å². The van der Waals surface area contributed by atoms with Gasteiger partial charge in [-0.1, -0.05) is 12.1 Å². The lowest BCUT2D eigenvalue weighted by molar-refractivity contribution is 0.473. The highest BCUT2D eigenvalue weighted by molar-refractivity contribution is 7.13. The Morgan fingerprint density at radius 1 is 1.29 bits per heavy atom. The highest BCUT2D eigenvalue weighted by Gasteiger charge is 2.06. The van der Waals surface area contributed by atoms with Crippen molar-refractivity contribution in [2.24, 2.45) is 0 Å². The van der Waals surface area contributed by atoms with E-state index in [1.54, 1.807) is 29.9 Å². The Hall–Kier alpha value is -1.68. The Kier molecular flexibility index (Phi) is 2.28. The van der Waals surface area contributed by atoms with Crippen molar-refractivity contribution < 1.29 is 5.11 Å². The zero-order valence-corrected chi connectivity index (χ0v) is 7.99. The Morgan fingerprint density at radius 2 is 2.07 bits per heavy atom. The first-order valence-electron chi connectivity index (χ1n) is 4.00. The van der Waals surface area contributed by atoms with E-state index in [1.807, 2.05) is 0 Å². The number of thiazole rings is 1. The summed E-state index contributed by atoms with van der Waals surface area (Å²) < 4.78 is 0. The highest BCUT2D eigenvalue weighted by atomic mass is 32.1. The third kappa shape index (κ3) is 1.52. The third-order valence-corrected chi connectivity index (χ3v) is 2.61. The number of hydrogen-bond acceptors (Lipinski definition) is 4. The molecule has 1 N–H and O–H groups in total. The lowest BCUT2D eigenvalue weighted by atomic mass is 10.2. The van der Waals surface area contributed by atoms with Gasteiger partial charge < -0.3 is 5.11 Å². The molecule has 1 aromatic heterocycles. The SMILES string of the molecule is O=c1ccccc(-c2cncs2)c1O. The molecule has 0 aliphatic rings. The number of nitrogens with zero attached hydrogens (tertiary/aromatic N) is 1. The van der Waals surface area contributed by atoms with E-state index in [9.17, 15) is 9.90 Å². The van der Waals surface area contributed by atoms with Gasteiger partial charge in [0.1, 0.15) is 0 Å². The average Bonchev–Trinajstić information content (AvgIpc) is 2.64. The van der Waals surface area contributed by atoms with E-state index in [4.69, 9.17) is 0 Å². The third-order valence-electron chi connectivity index (χ3n) is 1.81. The summed E-state index contributed by atoms with van der Waals surface area (Å²) in [5.74, 6) is -0.223. The molecule has 0 bridgehead atoms. The standard InChI is InChI=1S/C10H7NO2S/c12-8-4-2-1-3-7(10(8)13)9-5-11-6-14-9/h1-6H,(H,12,13). The summed E-state index contributed by atoms with van der Waals surface area (Å²) in [5.41, 5.74) is 1.81. The van der Waals surface area contributed by atoms with Crippen LogP contribution in [-0.2, 0) is 0 Å². The molecule has 0 atom stereocenters. The summed E-state index contributed by atoms with van der Waals surface area (Å²) in [6.45, 7) is 0. The molecule has 0 spiro atoms. The van der Waals surface area contributed by atoms with Crippen molar-refractivity contribution in [3.05, 3.63) is 46.2 Å². The zero-order valence-electron chi connectivity index (χ0n) is 7.18. The minimum absolute atomic E-state index is 0.223. The monoisotopic (exact) mass is 205 g/mol. The number of aromatic hydroxyl groups is 1. The van der Waals surface area contributed by atoms with Crippen LogP contribution in [0.1, 0.15) is 0 Å². The molecule has 1 heterocycles. The van der Waals surface area contributed by atoms with Crippen LogP contribution in [0, 0.1) is 0 Å². The normalized spacial score (nSPS) is 10.0. The molecule has 0 unspecified atom stereocenters. The van der Waals surface area contributed by atoms with Crippen LogP contribution in [0.3, 0.4) is 0 Å². The minimum atomic E-state index is -0.376. The molecule has 2 rings (SSSR count). The zero-order chi connectivity index (χ0) is 9.97. The van der Waals surface area contributed by atoms with Gasteiger partial charge in [0.15, 0.2) is 5.75 Å². The Balaban J connectivity index is 2.73. The molecule has 14 heavy (non-hydrogen) atoms. The summed E-state index contributed by atoms with van der Waals surface area (Å²) in [6.07, 6.45) is 1.62. The first kappa shape index (κ1) is 8.90. The average molecular weight is 205 g/mol. The molecule has 0 aliphatic heterocycles. The maximum absolute atomic E-state index is 11.3. The van der Waals surface area contributed by atoms with Gasteiger partial charge >= 0.3 is 0 Å². The van der Waals surface area contributed by atoms with Crippen molar-refractivity contribution >= 4 is 11.3 Å². The van der Waals surface area contributed by atoms with E-state index in [-0.39, 0.29) is 11.2 Å². The molecule has 70 valence electrons. The second-order valence-corrected chi connectivity index (χ2v) is 3.60. The van der Waals surface area contributed by atoms with Gasteiger partial charge in [0, 0.05) is 11.8 Å². The van der Waals surface area contributed by atoms with Gasteiger partial charge in [0.05, 0.1) is 10.4 Å². The fourth-order valence-corrected chi connectivity index (χ4v) is 1.78. The van der Waals surface area contributed by atoms with Crippen molar-refractivity contribution in [2.45, 2.75) is 0 Å². The molecular formula is C10H7NO2S. The van der Waals surface area contributed by atoms with Crippen LogP contribution in [0.25, 0.3) is 10.4 Å².